The van der Waals surface area contributed by atoms with E-state index in [-0.39, 0.29) is 17.0 Å². The molecule has 0 aliphatic rings. The molecule has 1 unspecified atom stereocenters. The topological polar surface area (TPSA) is 132 Å². The smallest absolute Gasteiger partial charge is 0.269 e. The van der Waals surface area contributed by atoms with E-state index in [2.05, 4.69) is 4.72 Å². The van der Waals surface area contributed by atoms with E-state index in [0.29, 0.717) is 6.42 Å². The van der Waals surface area contributed by atoms with Crippen molar-refractivity contribution in [1.82, 2.24) is 4.72 Å². The molecule has 1 amide bonds. The van der Waals surface area contributed by atoms with Crippen molar-refractivity contribution in [1.29, 1.82) is 0 Å². The number of amides is 1. The predicted molar refractivity (Wildman–Crippen MR) is 110 cm³/mol. The van der Waals surface area contributed by atoms with Crippen molar-refractivity contribution < 1.29 is 18.1 Å². The normalized spacial score (nSPS) is 14.2. The van der Waals surface area contributed by atoms with Crippen molar-refractivity contribution in [3.63, 3.8) is 0 Å². The fourth-order valence-electron chi connectivity index (χ4n) is 3.13. The van der Waals surface area contributed by atoms with Crippen LogP contribution in [-0.2, 0) is 21.2 Å². The van der Waals surface area contributed by atoms with Gasteiger partial charge in [0.25, 0.3) is 5.69 Å². The molecule has 0 spiro atoms. The zero-order valence-corrected chi connectivity index (χ0v) is 17.4. The number of nitrogens with two attached hydrogens (primary N) is 1. The highest BCUT2D eigenvalue weighted by molar-refractivity contribution is 7.89. The lowest BCUT2D eigenvalue weighted by Gasteiger charge is -2.42. The van der Waals surface area contributed by atoms with Gasteiger partial charge in [0.1, 0.15) is 5.54 Å². The summed E-state index contributed by atoms with van der Waals surface area (Å²) in [6, 6.07) is 13.8. The highest BCUT2D eigenvalue weighted by Crippen LogP contribution is 2.36. The SMILES string of the molecule is CC(C)(C)C(CCc1ccccc1)(NS(=O)(=O)c1ccc([N+](=O)[O-])cc1)C(N)=O. The number of nitro benzene ring substituents is 1. The van der Waals surface area contributed by atoms with E-state index in [0.717, 1.165) is 29.8 Å². The van der Waals surface area contributed by atoms with Crippen LogP contribution in [0.3, 0.4) is 0 Å². The van der Waals surface area contributed by atoms with Gasteiger partial charge in [0.15, 0.2) is 0 Å². The van der Waals surface area contributed by atoms with Gasteiger partial charge in [-0.05, 0) is 36.0 Å². The van der Waals surface area contributed by atoms with Gasteiger partial charge in [-0.3, -0.25) is 14.9 Å². The van der Waals surface area contributed by atoms with Crippen LogP contribution in [0.1, 0.15) is 32.8 Å². The Kier molecular flexibility index (Phi) is 6.44. The van der Waals surface area contributed by atoms with Gasteiger partial charge in [-0.15, -0.1) is 0 Å². The first-order chi connectivity index (χ1) is 13.4. The lowest BCUT2D eigenvalue weighted by atomic mass is 9.70. The summed E-state index contributed by atoms with van der Waals surface area (Å²) in [4.78, 5) is 22.6. The average Bonchev–Trinajstić information content (AvgIpc) is 2.64. The number of nitrogens with zero attached hydrogens (tertiary/aromatic N) is 1. The number of sulfonamides is 1. The number of nitrogens with one attached hydrogen (secondary N) is 1. The Bertz CT molecular complexity index is 983. The lowest BCUT2D eigenvalue weighted by Crippen LogP contribution is -2.64. The largest absolute Gasteiger partial charge is 0.368 e. The van der Waals surface area contributed by atoms with Gasteiger partial charge < -0.3 is 5.73 Å². The maximum atomic E-state index is 13.0. The van der Waals surface area contributed by atoms with E-state index in [1.165, 1.54) is 0 Å². The first-order valence-electron chi connectivity index (χ1n) is 9.01. The summed E-state index contributed by atoms with van der Waals surface area (Å²) < 4.78 is 28.5. The number of carbonyl (C=O) groups is 1. The van der Waals surface area contributed by atoms with Gasteiger partial charge in [-0.1, -0.05) is 51.1 Å². The molecule has 29 heavy (non-hydrogen) atoms. The summed E-state index contributed by atoms with van der Waals surface area (Å²) >= 11 is 0. The fourth-order valence-corrected chi connectivity index (χ4v) is 4.71. The number of non-ortho nitro benzene ring substituents is 1. The third-order valence-electron chi connectivity index (χ3n) is 5.00. The van der Waals surface area contributed by atoms with Gasteiger partial charge in [0.2, 0.25) is 15.9 Å². The standard InChI is InChI=1S/C20H25N3O5S/c1-19(2,3)20(18(21)24,14-13-15-7-5-4-6-8-15)22-29(27,28)17-11-9-16(10-12-17)23(25)26/h4-12,22H,13-14H2,1-3H3,(H2,21,24). The third-order valence-corrected chi connectivity index (χ3v) is 6.51. The molecule has 0 saturated carbocycles. The Morgan fingerprint density at radius 2 is 1.62 bits per heavy atom. The molecular formula is C20H25N3O5S. The van der Waals surface area contributed by atoms with E-state index < -0.39 is 31.8 Å². The molecule has 8 nitrogen and oxygen atoms in total. The molecular weight excluding hydrogens is 394 g/mol. The van der Waals surface area contributed by atoms with Crippen LogP contribution in [0.4, 0.5) is 5.69 Å². The highest BCUT2D eigenvalue weighted by Gasteiger charge is 2.49. The Balaban J connectivity index is 2.42. The molecule has 0 fully saturated rings. The molecule has 2 aromatic carbocycles. The number of hydrogen-bond donors (Lipinski definition) is 2. The summed E-state index contributed by atoms with van der Waals surface area (Å²) in [7, 11) is -4.17. The van der Waals surface area contributed by atoms with Crippen LogP contribution in [0.2, 0.25) is 0 Å². The lowest BCUT2D eigenvalue weighted by molar-refractivity contribution is -0.384. The number of carbonyl (C=O) groups excluding carboxylic acids is 1. The Hall–Kier alpha value is -2.78. The predicted octanol–water partition coefficient (Wildman–Crippen LogP) is 2.78. The van der Waals surface area contributed by atoms with E-state index >= 15 is 0 Å². The number of primary amides is 1. The van der Waals surface area contributed by atoms with E-state index in [1.807, 2.05) is 30.3 Å². The van der Waals surface area contributed by atoms with Crippen molar-refractivity contribution in [2.75, 3.05) is 0 Å². The van der Waals surface area contributed by atoms with E-state index in [4.69, 9.17) is 5.73 Å². The maximum Gasteiger partial charge on any atom is 0.269 e. The second kappa shape index (κ2) is 8.30. The minimum Gasteiger partial charge on any atom is -0.368 e. The Labute approximate surface area is 170 Å². The van der Waals surface area contributed by atoms with Crippen LogP contribution in [0.25, 0.3) is 0 Å². The minimum atomic E-state index is -4.17. The highest BCUT2D eigenvalue weighted by atomic mass is 32.2. The van der Waals surface area contributed by atoms with Gasteiger partial charge in [-0.25, -0.2) is 8.42 Å². The quantitative estimate of drug-likeness (QED) is 0.501. The molecule has 0 aliphatic heterocycles. The third kappa shape index (κ3) is 4.99. The molecule has 2 aromatic rings. The first-order valence-corrected chi connectivity index (χ1v) is 10.5. The molecule has 0 heterocycles. The average molecular weight is 420 g/mol. The van der Waals surface area contributed by atoms with Crippen LogP contribution in [0.5, 0.6) is 0 Å². The Morgan fingerprint density at radius 3 is 2.07 bits per heavy atom. The van der Waals surface area contributed by atoms with Crippen LogP contribution in [0.15, 0.2) is 59.5 Å². The van der Waals surface area contributed by atoms with Gasteiger partial charge >= 0.3 is 0 Å². The summed E-state index contributed by atoms with van der Waals surface area (Å²) in [5.41, 5.74) is 4.03. The summed E-state index contributed by atoms with van der Waals surface area (Å²) in [5, 5.41) is 10.8. The molecule has 0 aliphatic carbocycles. The maximum absolute atomic E-state index is 13.0. The zero-order chi connectivity index (χ0) is 21.9. The minimum absolute atomic E-state index is 0.155. The van der Waals surface area contributed by atoms with E-state index in [9.17, 15) is 23.3 Å². The van der Waals surface area contributed by atoms with Gasteiger partial charge in [-0.2, -0.15) is 4.72 Å². The van der Waals surface area contributed by atoms with Crippen molar-refractivity contribution >= 4 is 21.6 Å². The molecule has 156 valence electrons. The molecule has 0 aromatic heterocycles. The van der Waals surface area contributed by atoms with Crippen molar-refractivity contribution in [2.24, 2.45) is 11.1 Å². The van der Waals surface area contributed by atoms with Crippen LogP contribution in [0, 0.1) is 15.5 Å². The molecule has 9 heteroatoms. The number of rotatable bonds is 8. The number of nitro groups is 1. The zero-order valence-electron chi connectivity index (χ0n) is 16.6. The molecule has 0 radical (unpaired) electrons. The van der Waals surface area contributed by atoms with Crippen LogP contribution >= 0.6 is 0 Å². The molecule has 1 atom stereocenters. The number of benzene rings is 2. The van der Waals surface area contributed by atoms with Gasteiger partial charge in [0.05, 0.1) is 9.82 Å². The summed E-state index contributed by atoms with van der Waals surface area (Å²) in [5.74, 6) is -0.786. The monoisotopic (exact) mass is 419 g/mol. The summed E-state index contributed by atoms with van der Waals surface area (Å²) in [6.45, 7) is 5.21. The molecule has 0 saturated heterocycles. The number of aryl methyl sites for hydroxylation is 1. The second-order valence-corrected chi connectivity index (χ2v) is 9.54. The summed E-state index contributed by atoms with van der Waals surface area (Å²) in [6.07, 6.45) is 0.589. The van der Waals surface area contributed by atoms with E-state index in [1.54, 1.807) is 20.8 Å². The Morgan fingerprint density at radius 1 is 1.07 bits per heavy atom. The van der Waals surface area contributed by atoms with Gasteiger partial charge in [0, 0.05) is 12.1 Å². The number of hydrogen-bond acceptors (Lipinski definition) is 5. The van der Waals surface area contributed by atoms with Crippen molar-refractivity contribution in [3.05, 3.63) is 70.3 Å². The second-order valence-electron chi connectivity index (χ2n) is 7.86. The van der Waals surface area contributed by atoms with Crippen molar-refractivity contribution in [2.45, 2.75) is 44.0 Å². The first kappa shape index (κ1) is 22.5. The molecule has 0 bridgehead atoms. The van der Waals surface area contributed by atoms with Crippen LogP contribution < -0.4 is 10.5 Å². The molecule has 3 N–H and O–H groups in total. The fraction of sp³-hybridized carbons (Fsp3) is 0.350. The van der Waals surface area contributed by atoms with Crippen LogP contribution in [-0.4, -0.2) is 24.8 Å². The molecule has 2 rings (SSSR count). The van der Waals surface area contributed by atoms with Crippen molar-refractivity contribution in [3.8, 4) is 0 Å².